The number of halogens is 3. The van der Waals surface area contributed by atoms with E-state index in [4.69, 9.17) is 9.05 Å². The number of phosphoric ester groups is 1. The number of rotatable bonds is 10. The van der Waals surface area contributed by atoms with E-state index in [1.807, 2.05) is 0 Å². The van der Waals surface area contributed by atoms with Crippen molar-refractivity contribution in [2.45, 2.75) is 45.9 Å². The Hall–Kier alpha value is -0.630. The molecule has 126 valence electrons. The minimum atomic E-state index is -5.09. The fourth-order valence-corrected chi connectivity index (χ4v) is 2.56. The third kappa shape index (κ3) is 7.80. The Balaban J connectivity index is 5.10. The van der Waals surface area contributed by atoms with E-state index in [2.05, 4.69) is 9.26 Å². The first-order valence-corrected chi connectivity index (χ1v) is 7.97. The molecule has 0 fully saturated rings. The van der Waals surface area contributed by atoms with Crippen molar-refractivity contribution in [1.29, 1.82) is 0 Å². The van der Waals surface area contributed by atoms with Gasteiger partial charge in [0.1, 0.15) is 0 Å². The molecule has 0 radical (unpaired) electrons. The molecule has 10 heteroatoms. The van der Waals surface area contributed by atoms with Crippen LogP contribution in [-0.2, 0) is 27.7 Å². The average molecular weight is 336 g/mol. The van der Waals surface area contributed by atoms with Gasteiger partial charge in [0, 0.05) is 0 Å². The maximum atomic E-state index is 12.8. The van der Waals surface area contributed by atoms with Gasteiger partial charge < -0.3 is 4.74 Å². The molecule has 0 spiro atoms. The number of alkyl halides is 3. The van der Waals surface area contributed by atoms with Gasteiger partial charge in [-0.2, -0.15) is 13.2 Å². The number of carbonyl (C=O) groups excluding carboxylic acids is 1. The molecule has 0 N–H and O–H groups in total. The predicted octanol–water partition coefficient (Wildman–Crippen LogP) is 3.46. The van der Waals surface area contributed by atoms with E-state index in [1.54, 1.807) is 13.8 Å². The van der Waals surface area contributed by atoms with Gasteiger partial charge in [0.2, 0.25) is 0 Å². The molecular formula is C11H20F3O6P. The van der Waals surface area contributed by atoms with Gasteiger partial charge in [-0.3, -0.25) is 13.6 Å². The molecule has 0 aromatic heterocycles. The van der Waals surface area contributed by atoms with Crippen LogP contribution >= 0.6 is 7.82 Å². The van der Waals surface area contributed by atoms with Crippen molar-refractivity contribution in [2.24, 2.45) is 0 Å². The third-order valence-corrected chi connectivity index (χ3v) is 3.41. The summed E-state index contributed by atoms with van der Waals surface area (Å²) in [4.78, 5) is 11.3. The van der Waals surface area contributed by atoms with Crippen molar-refractivity contribution in [3.05, 3.63) is 0 Å². The number of hydrogen-bond acceptors (Lipinski definition) is 6. The first-order chi connectivity index (χ1) is 9.70. The van der Waals surface area contributed by atoms with Crippen LogP contribution in [0.2, 0.25) is 0 Å². The van der Waals surface area contributed by atoms with Crippen molar-refractivity contribution >= 4 is 13.8 Å². The van der Waals surface area contributed by atoms with Gasteiger partial charge in [-0.25, -0.2) is 9.36 Å². The fraction of sp³-hybridized carbons (Fsp3) is 0.909. The molecule has 21 heavy (non-hydrogen) atoms. The number of phosphoric acid groups is 1. The molecule has 0 rings (SSSR count). The van der Waals surface area contributed by atoms with Crippen LogP contribution in [0.3, 0.4) is 0 Å². The Bertz CT molecular complexity index is 348. The summed E-state index contributed by atoms with van der Waals surface area (Å²) < 4.78 is 68.6. The van der Waals surface area contributed by atoms with Gasteiger partial charge >= 0.3 is 20.0 Å². The molecule has 0 bridgehead atoms. The second-order valence-electron chi connectivity index (χ2n) is 3.89. The molecule has 0 aliphatic rings. The van der Waals surface area contributed by atoms with E-state index < -0.39 is 26.1 Å². The third-order valence-electron chi connectivity index (χ3n) is 1.94. The van der Waals surface area contributed by atoms with Crippen molar-refractivity contribution in [2.75, 3.05) is 19.8 Å². The van der Waals surface area contributed by atoms with Crippen LogP contribution in [0, 0.1) is 0 Å². The number of ether oxygens (including phenoxy) is 1. The lowest BCUT2D eigenvalue weighted by Gasteiger charge is -2.24. The zero-order valence-corrected chi connectivity index (χ0v) is 13.0. The van der Waals surface area contributed by atoms with Gasteiger partial charge in [0.25, 0.3) is 6.10 Å². The molecule has 0 aliphatic carbocycles. The van der Waals surface area contributed by atoms with Crippen LogP contribution in [0.4, 0.5) is 13.2 Å². The van der Waals surface area contributed by atoms with Crippen LogP contribution in [0.25, 0.3) is 0 Å². The molecule has 0 unspecified atom stereocenters. The minimum Gasteiger partial charge on any atom is -0.464 e. The Morgan fingerprint density at radius 2 is 1.57 bits per heavy atom. The predicted molar refractivity (Wildman–Crippen MR) is 67.7 cm³/mol. The van der Waals surface area contributed by atoms with Crippen LogP contribution in [0.5, 0.6) is 0 Å². The lowest BCUT2D eigenvalue weighted by Crippen LogP contribution is -2.40. The van der Waals surface area contributed by atoms with Gasteiger partial charge in [0.15, 0.2) is 0 Å². The first kappa shape index (κ1) is 20.4. The number of carbonyl (C=O) groups is 1. The SMILES string of the molecule is CCCOP(=O)(OCCC)O[C@H](C(=O)OCC)C(F)(F)F. The smallest absolute Gasteiger partial charge is 0.464 e. The highest BCUT2D eigenvalue weighted by Gasteiger charge is 2.52. The molecule has 0 saturated carbocycles. The minimum absolute atomic E-state index is 0.131. The molecule has 0 amide bonds. The fourth-order valence-electron chi connectivity index (χ4n) is 1.09. The number of esters is 1. The van der Waals surface area contributed by atoms with Gasteiger partial charge in [-0.1, -0.05) is 13.8 Å². The average Bonchev–Trinajstić information content (AvgIpc) is 2.39. The standard InChI is InChI=1S/C11H20F3O6P/c1-4-7-18-21(16,19-8-5-2)20-9(11(12,13)14)10(15)17-6-3/h9H,4-8H2,1-3H3/t9-/m1/s1. The molecule has 1 atom stereocenters. The highest BCUT2D eigenvalue weighted by Crippen LogP contribution is 2.52. The topological polar surface area (TPSA) is 71.1 Å². The number of hydrogen-bond donors (Lipinski definition) is 0. The molecule has 0 heterocycles. The van der Waals surface area contributed by atoms with Gasteiger partial charge in [-0.15, -0.1) is 0 Å². The molecular weight excluding hydrogens is 316 g/mol. The maximum Gasteiger partial charge on any atom is 0.475 e. The van der Waals surface area contributed by atoms with Crippen molar-refractivity contribution in [3.8, 4) is 0 Å². The summed E-state index contributed by atoms with van der Waals surface area (Å²) >= 11 is 0. The monoisotopic (exact) mass is 336 g/mol. The van der Waals surface area contributed by atoms with Gasteiger partial charge in [0.05, 0.1) is 19.8 Å². The summed E-state index contributed by atoms with van der Waals surface area (Å²) in [6, 6.07) is 0. The molecule has 6 nitrogen and oxygen atoms in total. The Morgan fingerprint density at radius 1 is 1.10 bits per heavy atom. The molecule has 0 aromatic carbocycles. The molecule has 0 aromatic rings. The van der Waals surface area contributed by atoms with E-state index >= 15 is 0 Å². The summed E-state index contributed by atoms with van der Waals surface area (Å²) in [5.74, 6) is -1.69. The molecule has 0 saturated heterocycles. The Labute approximate surface area is 121 Å². The largest absolute Gasteiger partial charge is 0.475 e. The van der Waals surface area contributed by atoms with E-state index in [0.29, 0.717) is 12.8 Å². The summed E-state index contributed by atoms with van der Waals surface area (Å²) in [6.07, 6.45) is -7.33. The zero-order valence-electron chi connectivity index (χ0n) is 12.1. The zero-order chi connectivity index (χ0) is 16.5. The van der Waals surface area contributed by atoms with Crippen LogP contribution in [0.1, 0.15) is 33.6 Å². The second-order valence-corrected chi connectivity index (χ2v) is 5.51. The summed E-state index contributed by atoms with van der Waals surface area (Å²) in [6.45, 7) is 4.13. The second kappa shape index (κ2) is 9.40. The van der Waals surface area contributed by atoms with E-state index in [-0.39, 0.29) is 19.8 Å². The molecule has 0 aliphatic heterocycles. The normalized spacial score (nSPS) is 14.0. The van der Waals surface area contributed by atoms with Crippen molar-refractivity contribution < 1.29 is 40.8 Å². The summed E-state index contributed by atoms with van der Waals surface area (Å²) in [5, 5.41) is 0. The lowest BCUT2D eigenvalue weighted by molar-refractivity contribution is -0.215. The highest BCUT2D eigenvalue weighted by molar-refractivity contribution is 7.48. The summed E-state index contributed by atoms with van der Waals surface area (Å²) in [7, 11) is -4.50. The summed E-state index contributed by atoms with van der Waals surface area (Å²) in [5.41, 5.74) is 0. The maximum absolute atomic E-state index is 12.8. The quantitative estimate of drug-likeness (QED) is 0.449. The Morgan fingerprint density at radius 3 is 1.90 bits per heavy atom. The van der Waals surface area contributed by atoms with Crippen molar-refractivity contribution in [1.82, 2.24) is 0 Å². The van der Waals surface area contributed by atoms with Gasteiger partial charge in [-0.05, 0) is 19.8 Å². The van der Waals surface area contributed by atoms with E-state index in [1.165, 1.54) is 6.92 Å². The van der Waals surface area contributed by atoms with Crippen LogP contribution in [-0.4, -0.2) is 38.1 Å². The van der Waals surface area contributed by atoms with Crippen LogP contribution in [0.15, 0.2) is 0 Å². The lowest BCUT2D eigenvalue weighted by atomic mass is 10.3. The first-order valence-electron chi connectivity index (χ1n) is 6.51. The Kier molecular flexibility index (Phi) is 9.12. The van der Waals surface area contributed by atoms with E-state index in [9.17, 15) is 22.5 Å². The highest BCUT2D eigenvalue weighted by atomic mass is 31.2. The van der Waals surface area contributed by atoms with Crippen LogP contribution < -0.4 is 0 Å². The van der Waals surface area contributed by atoms with E-state index in [0.717, 1.165) is 0 Å². The van der Waals surface area contributed by atoms with Crippen molar-refractivity contribution in [3.63, 3.8) is 0 Å².